The quantitative estimate of drug-likeness (QED) is 0.539. The molecule has 0 aliphatic carbocycles. The van der Waals surface area contributed by atoms with E-state index in [1.807, 2.05) is 31.7 Å². The zero-order valence-electron chi connectivity index (χ0n) is 18.8. The Balaban J connectivity index is 2.19. The van der Waals surface area contributed by atoms with E-state index in [1.54, 1.807) is 0 Å². The lowest BCUT2D eigenvalue weighted by Crippen LogP contribution is -2.39. The van der Waals surface area contributed by atoms with Crippen molar-refractivity contribution in [3.63, 3.8) is 0 Å². The van der Waals surface area contributed by atoms with Crippen LogP contribution in [0.1, 0.15) is 70.2 Å². The number of aryl methyl sites for hydroxylation is 1. The van der Waals surface area contributed by atoms with Gasteiger partial charge < -0.3 is 15.0 Å². The number of amides is 1. The van der Waals surface area contributed by atoms with Crippen molar-refractivity contribution >= 4 is 11.8 Å². The number of carbonyl (C=O) groups excluding carboxylic acids is 1. The van der Waals surface area contributed by atoms with Gasteiger partial charge in [-0.3, -0.25) is 0 Å². The maximum absolute atomic E-state index is 12.8. The molecule has 0 radical (unpaired) electrons. The molecule has 0 saturated heterocycles. The number of hydrogen-bond donors (Lipinski definition) is 1. The molecule has 0 aromatic heterocycles. The topological polar surface area (TPSA) is 41.6 Å². The van der Waals surface area contributed by atoms with Gasteiger partial charge >= 0.3 is 6.09 Å². The second kappa shape index (κ2) is 10.3. The van der Waals surface area contributed by atoms with Crippen LogP contribution in [0.15, 0.2) is 48.5 Å². The Morgan fingerprint density at radius 2 is 1.83 bits per heavy atom. The van der Waals surface area contributed by atoms with E-state index in [9.17, 15) is 4.79 Å². The minimum Gasteiger partial charge on any atom is -0.444 e. The molecule has 158 valence electrons. The number of anilines is 1. The molecule has 1 unspecified atom stereocenters. The summed E-state index contributed by atoms with van der Waals surface area (Å²) in [6.45, 7) is 13.5. The van der Waals surface area contributed by atoms with Crippen LogP contribution < -0.4 is 5.32 Å². The number of unbranched alkanes of at least 4 members (excludes halogenated alkanes) is 1. The minimum atomic E-state index is -0.503. The zero-order chi connectivity index (χ0) is 21.4. The van der Waals surface area contributed by atoms with Crippen LogP contribution in [0.3, 0.4) is 0 Å². The molecule has 1 atom stereocenters. The number of carbonyl (C=O) groups is 1. The van der Waals surface area contributed by atoms with E-state index < -0.39 is 5.60 Å². The van der Waals surface area contributed by atoms with Crippen LogP contribution in [-0.2, 0) is 11.3 Å². The minimum absolute atomic E-state index is 0.0609. The number of nitrogens with one attached hydrogen (secondary N) is 1. The molecule has 4 heteroatoms. The van der Waals surface area contributed by atoms with E-state index in [0.29, 0.717) is 6.54 Å². The van der Waals surface area contributed by atoms with Gasteiger partial charge in [0.25, 0.3) is 0 Å². The number of nitrogens with zero attached hydrogens (tertiary/aromatic N) is 1. The fraction of sp³-hybridized carbons (Fsp3) is 0.480. The van der Waals surface area contributed by atoms with Crippen molar-refractivity contribution in [2.45, 2.75) is 72.6 Å². The first-order valence-corrected chi connectivity index (χ1v) is 10.6. The Kier molecular flexibility index (Phi) is 8.12. The predicted molar refractivity (Wildman–Crippen MR) is 121 cm³/mol. The molecule has 0 aliphatic heterocycles. The van der Waals surface area contributed by atoms with Crippen LogP contribution in [-0.4, -0.2) is 23.1 Å². The maximum Gasteiger partial charge on any atom is 0.410 e. The van der Waals surface area contributed by atoms with Gasteiger partial charge in [0, 0.05) is 18.8 Å². The van der Waals surface area contributed by atoms with Crippen molar-refractivity contribution < 1.29 is 9.53 Å². The third kappa shape index (κ3) is 7.12. The molecule has 0 heterocycles. The van der Waals surface area contributed by atoms with Crippen LogP contribution in [0.25, 0.3) is 0 Å². The van der Waals surface area contributed by atoms with Gasteiger partial charge in [-0.25, -0.2) is 4.79 Å². The molecule has 0 bridgehead atoms. The highest BCUT2D eigenvalue weighted by Crippen LogP contribution is 2.27. The van der Waals surface area contributed by atoms with E-state index >= 15 is 0 Å². The summed E-state index contributed by atoms with van der Waals surface area (Å²) < 4.78 is 5.67. The van der Waals surface area contributed by atoms with E-state index in [-0.39, 0.29) is 12.1 Å². The predicted octanol–water partition coefficient (Wildman–Crippen LogP) is 6.71. The third-order valence-corrected chi connectivity index (χ3v) is 4.92. The number of hydrogen-bond acceptors (Lipinski definition) is 3. The Hall–Kier alpha value is -2.49. The molecule has 0 aliphatic rings. The van der Waals surface area contributed by atoms with Crippen molar-refractivity contribution in [3.8, 4) is 0 Å². The average molecular weight is 397 g/mol. The monoisotopic (exact) mass is 396 g/mol. The summed E-state index contributed by atoms with van der Waals surface area (Å²) in [7, 11) is 0. The molecule has 0 saturated carbocycles. The smallest absolute Gasteiger partial charge is 0.410 e. The lowest BCUT2D eigenvalue weighted by Gasteiger charge is -2.32. The van der Waals surface area contributed by atoms with Crippen molar-refractivity contribution in [1.29, 1.82) is 0 Å². The van der Waals surface area contributed by atoms with Crippen molar-refractivity contribution in [1.82, 2.24) is 4.90 Å². The molecular formula is C25H36N2O2. The van der Waals surface area contributed by atoms with Crippen LogP contribution >= 0.6 is 0 Å². The van der Waals surface area contributed by atoms with E-state index in [0.717, 1.165) is 30.6 Å². The van der Waals surface area contributed by atoms with Gasteiger partial charge in [0.05, 0.1) is 6.04 Å². The Morgan fingerprint density at radius 3 is 2.45 bits per heavy atom. The van der Waals surface area contributed by atoms with Crippen molar-refractivity contribution in [2.75, 3.05) is 11.9 Å². The van der Waals surface area contributed by atoms with Crippen LogP contribution in [0.5, 0.6) is 0 Å². The summed E-state index contributed by atoms with van der Waals surface area (Å²) in [6, 6.07) is 16.7. The molecule has 2 aromatic carbocycles. The molecule has 2 rings (SSSR count). The Morgan fingerprint density at radius 1 is 1.14 bits per heavy atom. The van der Waals surface area contributed by atoms with Gasteiger partial charge in [-0.2, -0.15) is 0 Å². The molecule has 0 spiro atoms. The average Bonchev–Trinajstić information content (AvgIpc) is 2.67. The standard InChI is InChI=1S/C25H36N2O2/c1-7-8-16-27(24(28)29-25(4,5)6)20(3)22-15-14-19(2)23(17-22)26-18-21-12-10-9-11-13-21/h9-15,17,20,26H,7-8,16,18H2,1-6H3. The largest absolute Gasteiger partial charge is 0.444 e. The summed E-state index contributed by atoms with van der Waals surface area (Å²) in [5.41, 5.74) is 4.13. The first-order chi connectivity index (χ1) is 13.7. The van der Waals surface area contributed by atoms with Crippen LogP contribution in [0.4, 0.5) is 10.5 Å². The summed E-state index contributed by atoms with van der Waals surface area (Å²) in [4.78, 5) is 14.7. The summed E-state index contributed by atoms with van der Waals surface area (Å²) in [6.07, 6.45) is 1.73. The number of benzene rings is 2. The zero-order valence-corrected chi connectivity index (χ0v) is 18.8. The second-order valence-corrected chi connectivity index (χ2v) is 8.62. The molecule has 2 aromatic rings. The third-order valence-electron chi connectivity index (χ3n) is 4.92. The number of rotatable bonds is 8. The molecule has 0 fully saturated rings. The normalized spacial score (nSPS) is 12.3. The first kappa shape index (κ1) is 22.8. The van der Waals surface area contributed by atoms with Gasteiger partial charge in [-0.1, -0.05) is 55.8 Å². The molecule has 1 amide bonds. The van der Waals surface area contributed by atoms with Gasteiger partial charge in [-0.05, 0) is 63.8 Å². The molecule has 4 nitrogen and oxygen atoms in total. The number of ether oxygens (including phenoxy) is 1. The van der Waals surface area contributed by atoms with Gasteiger partial charge in [0.2, 0.25) is 0 Å². The van der Waals surface area contributed by atoms with E-state index in [1.165, 1.54) is 11.1 Å². The van der Waals surface area contributed by atoms with Gasteiger partial charge in [0.1, 0.15) is 5.60 Å². The SMILES string of the molecule is CCCCN(C(=O)OC(C)(C)C)C(C)c1ccc(C)c(NCc2ccccc2)c1. The highest BCUT2D eigenvalue weighted by molar-refractivity contribution is 5.69. The Bertz CT molecular complexity index is 781. The van der Waals surface area contributed by atoms with Gasteiger partial charge in [0.15, 0.2) is 0 Å². The molecular weight excluding hydrogens is 360 g/mol. The Labute approximate surface area is 176 Å². The van der Waals surface area contributed by atoms with Crippen molar-refractivity contribution in [2.24, 2.45) is 0 Å². The lowest BCUT2D eigenvalue weighted by molar-refractivity contribution is 0.0170. The van der Waals surface area contributed by atoms with E-state index in [4.69, 9.17) is 4.74 Å². The first-order valence-electron chi connectivity index (χ1n) is 10.6. The summed E-state index contributed by atoms with van der Waals surface area (Å²) in [5.74, 6) is 0. The fourth-order valence-corrected chi connectivity index (χ4v) is 3.16. The van der Waals surface area contributed by atoms with Crippen LogP contribution in [0, 0.1) is 6.92 Å². The summed E-state index contributed by atoms with van der Waals surface area (Å²) in [5, 5.41) is 3.54. The fourth-order valence-electron chi connectivity index (χ4n) is 3.16. The molecule has 1 N–H and O–H groups in total. The second-order valence-electron chi connectivity index (χ2n) is 8.62. The lowest BCUT2D eigenvalue weighted by atomic mass is 10.0. The van der Waals surface area contributed by atoms with Gasteiger partial charge in [-0.15, -0.1) is 0 Å². The van der Waals surface area contributed by atoms with Crippen molar-refractivity contribution in [3.05, 3.63) is 65.2 Å². The molecule has 29 heavy (non-hydrogen) atoms. The highest BCUT2D eigenvalue weighted by Gasteiger charge is 2.26. The highest BCUT2D eigenvalue weighted by atomic mass is 16.6. The summed E-state index contributed by atoms with van der Waals surface area (Å²) >= 11 is 0. The maximum atomic E-state index is 12.8. The van der Waals surface area contributed by atoms with E-state index in [2.05, 4.69) is 68.6 Å². The van der Waals surface area contributed by atoms with Crippen LogP contribution in [0.2, 0.25) is 0 Å².